The van der Waals surface area contributed by atoms with Gasteiger partial charge in [0.1, 0.15) is 0 Å². The van der Waals surface area contributed by atoms with Crippen LogP contribution >= 0.6 is 11.6 Å². The number of anilines is 1. The molecule has 3 aromatic carbocycles. The molecule has 0 saturated carbocycles. The summed E-state index contributed by atoms with van der Waals surface area (Å²) in [6.45, 7) is 6.19. The number of rotatable bonds is 6. The summed E-state index contributed by atoms with van der Waals surface area (Å²) < 4.78 is 0. The van der Waals surface area contributed by atoms with E-state index in [1.165, 1.54) is 16.7 Å². The predicted molar refractivity (Wildman–Crippen MR) is 108 cm³/mol. The molecule has 0 bridgehead atoms. The van der Waals surface area contributed by atoms with Crippen molar-refractivity contribution in [2.45, 2.75) is 18.9 Å². The van der Waals surface area contributed by atoms with Gasteiger partial charge in [-0.05, 0) is 30.2 Å². The molecule has 1 nitrogen and oxygen atoms in total. The van der Waals surface area contributed by atoms with Gasteiger partial charge in [0.05, 0.1) is 16.8 Å². The third kappa shape index (κ3) is 4.12. The molecule has 1 N–H and O–H groups in total. The van der Waals surface area contributed by atoms with Gasteiger partial charge in [-0.1, -0.05) is 90.0 Å². The van der Waals surface area contributed by atoms with Crippen LogP contribution in [0.5, 0.6) is 0 Å². The smallest absolute Gasteiger partial charge is 0.0637 e. The first-order valence-electron chi connectivity index (χ1n) is 8.44. The molecule has 0 aromatic heterocycles. The zero-order chi connectivity index (χ0) is 17.6. The highest BCUT2D eigenvalue weighted by Crippen LogP contribution is 2.36. The summed E-state index contributed by atoms with van der Waals surface area (Å²) in [5.41, 5.74) is 4.61. The van der Waals surface area contributed by atoms with Gasteiger partial charge in [-0.15, -0.1) is 6.58 Å². The van der Waals surface area contributed by atoms with E-state index in [1.54, 1.807) is 0 Å². The highest BCUT2D eigenvalue weighted by Gasteiger charge is 2.23. The van der Waals surface area contributed by atoms with Crippen LogP contribution < -0.4 is 5.32 Å². The molecule has 0 spiro atoms. The summed E-state index contributed by atoms with van der Waals surface area (Å²) in [5, 5.41) is 4.35. The van der Waals surface area contributed by atoms with Gasteiger partial charge in [-0.3, -0.25) is 0 Å². The van der Waals surface area contributed by atoms with E-state index in [2.05, 4.69) is 67.4 Å². The first-order valence-corrected chi connectivity index (χ1v) is 8.82. The van der Waals surface area contributed by atoms with E-state index in [4.69, 9.17) is 11.6 Å². The summed E-state index contributed by atoms with van der Waals surface area (Å²) in [7, 11) is 0. The SMILES string of the molecule is C=C[C@H](c1ccccc1)[C@H](Nc1ccccc1Cl)c1ccc(C)cc1. The van der Waals surface area contributed by atoms with Gasteiger partial charge in [0.25, 0.3) is 0 Å². The van der Waals surface area contributed by atoms with Crippen molar-refractivity contribution in [2.24, 2.45) is 0 Å². The van der Waals surface area contributed by atoms with Crippen LogP contribution in [0.4, 0.5) is 5.69 Å². The molecule has 0 heterocycles. The van der Waals surface area contributed by atoms with Crippen LogP contribution in [0.25, 0.3) is 0 Å². The number of benzene rings is 3. The third-order valence-corrected chi connectivity index (χ3v) is 4.75. The van der Waals surface area contributed by atoms with Crippen molar-refractivity contribution in [3.05, 3.63) is 113 Å². The van der Waals surface area contributed by atoms with E-state index in [0.717, 1.165) is 10.7 Å². The minimum absolute atomic E-state index is 0.0420. The molecule has 3 aromatic rings. The van der Waals surface area contributed by atoms with Gasteiger partial charge in [0.15, 0.2) is 0 Å². The molecule has 0 radical (unpaired) electrons. The van der Waals surface area contributed by atoms with Crippen LogP contribution in [-0.4, -0.2) is 0 Å². The lowest BCUT2D eigenvalue weighted by Crippen LogP contribution is -2.18. The standard InChI is InChI=1S/C23H22ClN/c1-3-20(18-9-5-4-6-10-18)23(19-15-13-17(2)14-16-19)25-22-12-8-7-11-21(22)24/h3-16,20,23,25H,1H2,2H3/t20-,23-/m1/s1. The Morgan fingerprint density at radius 1 is 0.840 bits per heavy atom. The van der Waals surface area contributed by atoms with E-state index in [9.17, 15) is 0 Å². The third-order valence-electron chi connectivity index (χ3n) is 4.42. The molecule has 0 aliphatic carbocycles. The quantitative estimate of drug-likeness (QED) is 0.485. The second-order valence-electron chi connectivity index (χ2n) is 6.18. The molecule has 3 rings (SSSR count). The zero-order valence-corrected chi connectivity index (χ0v) is 15.1. The second-order valence-corrected chi connectivity index (χ2v) is 6.59. The maximum Gasteiger partial charge on any atom is 0.0637 e. The normalized spacial score (nSPS) is 13.0. The van der Waals surface area contributed by atoms with E-state index < -0.39 is 0 Å². The van der Waals surface area contributed by atoms with E-state index in [1.807, 2.05) is 36.4 Å². The van der Waals surface area contributed by atoms with Crippen molar-refractivity contribution in [1.29, 1.82) is 0 Å². The summed E-state index contributed by atoms with van der Waals surface area (Å²) in [5.74, 6) is 0.125. The molecule has 0 saturated heterocycles. The molecule has 126 valence electrons. The Morgan fingerprint density at radius 3 is 2.12 bits per heavy atom. The van der Waals surface area contributed by atoms with Crippen LogP contribution in [0.15, 0.2) is 91.5 Å². The lowest BCUT2D eigenvalue weighted by molar-refractivity contribution is 0.692. The maximum absolute atomic E-state index is 6.39. The highest BCUT2D eigenvalue weighted by atomic mass is 35.5. The van der Waals surface area contributed by atoms with Crippen LogP contribution in [0, 0.1) is 6.92 Å². The summed E-state index contributed by atoms with van der Waals surface area (Å²) in [6.07, 6.45) is 2.00. The van der Waals surface area contributed by atoms with Gasteiger partial charge in [0, 0.05) is 5.92 Å². The number of hydrogen-bond acceptors (Lipinski definition) is 1. The number of halogens is 1. The summed E-state index contributed by atoms with van der Waals surface area (Å²) >= 11 is 6.39. The lowest BCUT2D eigenvalue weighted by Gasteiger charge is -2.28. The van der Waals surface area contributed by atoms with E-state index in [-0.39, 0.29) is 12.0 Å². The lowest BCUT2D eigenvalue weighted by atomic mass is 9.86. The van der Waals surface area contributed by atoms with Crippen molar-refractivity contribution >= 4 is 17.3 Å². The zero-order valence-electron chi connectivity index (χ0n) is 14.3. The van der Waals surface area contributed by atoms with Crippen molar-refractivity contribution in [2.75, 3.05) is 5.32 Å². The van der Waals surface area contributed by atoms with Gasteiger partial charge < -0.3 is 5.32 Å². The minimum Gasteiger partial charge on any atom is -0.376 e. The van der Waals surface area contributed by atoms with Crippen LogP contribution in [-0.2, 0) is 0 Å². The molecule has 0 aliphatic rings. The summed E-state index contributed by atoms with van der Waals surface area (Å²) in [4.78, 5) is 0. The molecule has 0 aliphatic heterocycles. The molecule has 2 atom stereocenters. The van der Waals surface area contributed by atoms with Crippen LogP contribution in [0.3, 0.4) is 0 Å². The maximum atomic E-state index is 6.39. The Balaban J connectivity index is 2.03. The van der Waals surface area contributed by atoms with Gasteiger partial charge in [-0.25, -0.2) is 0 Å². The number of nitrogens with one attached hydrogen (secondary N) is 1. The number of hydrogen-bond donors (Lipinski definition) is 1. The van der Waals surface area contributed by atoms with E-state index >= 15 is 0 Å². The average molecular weight is 348 g/mol. The molecule has 0 amide bonds. The van der Waals surface area contributed by atoms with E-state index in [0.29, 0.717) is 0 Å². The first-order chi connectivity index (χ1) is 12.2. The van der Waals surface area contributed by atoms with Gasteiger partial charge >= 0.3 is 0 Å². The Morgan fingerprint density at radius 2 is 1.48 bits per heavy atom. The fraction of sp³-hybridized carbons (Fsp3) is 0.130. The largest absolute Gasteiger partial charge is 0.376 e. The predicted octanol–water partition coefficient (Wildman–Crippen LogP) is 6.77. The number of para-hydroxylation sites is 1. The second kappa shape index (κ2) is 8.04. The summed E-state index contributed by atoms with van der Waals surface area (Å²) in [6, 6.07) is 27.0. The fourth-order valence-corrected chi connectivity index (χ4v) is 3.23. The van der Waals surface area contributed by atoms with Crippen molar-refractivity contribution < 1.29 is 0 Å². The molecule has 0 fully saturated rings. The van der Waals surface area contributed by atoms with Gasteiger partial charge in [0.2, 0.25) is 0 Å². The molecule has 25 heavy (non-hydrogen) atoms. The fourth-order valence-electron chi connectivity index (χ4n) is 3.04. The average Bonchev–Trinajstić information content (AvgIpc) is 2.65. The molecular formula is C23H22ClN. The topological polar surface area (TPSA) is 12.0 Å². The monoisotopic (exact) mass is 347 g/mol. The molecule has 2 heteroatoms. The van der Waals surface area contributed by atoms with Crippen molar-refractivity contribution in [3.8, 4) is 0 Å². The first kappa shape index (κ1) is 17.3. The van der Waals surface area contributed by atoms with Crippen molar-refractivity contribution in [1.82, 2.24) is 0 Å². The Labute approximate surface area is 155 Å². The van der Waals surface area contributed by atoms with Crippen LogP contribution in [0.2, 0.25) is 5.02 Å². The van der Waals surface area contributed by atoms with Crippen LogP contribution in [0.1, 0.15) is 28.7 Å². The number of aryl methyl sites for hydroxylation is 1. The van der Waals surface area contributed by atoms with Gasteiger partial charge in [-0.2, -0.15) is 0 Å². The molecular weight excluding hydrogens is 326 g/mol. The molecule has 0 unspecified atom stereocenters. The highest BCUT2D eigenvalue weighted by molar-refractivity contribution is 6.33. The Hall–Kier alpha value is -2.51. The Bertz CT molecular complexity index is 824. The van der Waals surface area contributed by atoms with Crippen molar-refractivity contribution in [3.63, 3.8) is 0 Å². The minimum atomic E-state index is 0.0420. The Kier molecular flexibility index (Phi) is 5.57.